The van der Waals surface area contributed by atoms with E-state index in [1.165, 1.54) is 0 Å². The Morgan fingerprint density at radius 3 is 2.89 bits per heavy atom. The predicted molar refractivity (Wildman–Crippen MR) is 68.9 cm³/mol. The van der Waals surface area contributed by atoms with E-state index in [1.807, 2.05) is 13.0 Å². The predicted octanol–water partition coefficient (Wildman–Crippen LogP) is 1.45. The van der Waals surface area contributed by atoms with Crippen LogP contribution in [0.5, 0.6) is 5.75 Å². The SMILES string of the molecule is CCOc1ccc(C(=O)N2CCOC(C#N)C2)cc1. The smallest absolute Gasteiger partial charge is 0.254 e. The second-order valence-corrected chi connectivity index (χ2v) is 4.20. The first-order chi connectivity index (χ1) is 9.24. The standard InChI is InChI=1S/C14H16N2O3/c1-2-18-12-5-3-11(4-6-12)14(17)16-7-8-19-13(9-15)10-16/h3-6,13H,2,7-8,10H2,1H3. The van der Waals surface area contributed by atoms with Crippen molar-refractivity contribution >= 4 is 5.91 Å². The van der Waals surface area contributed by atoms with Gasteiger partial charge < -0.3 is 14.4 Å². The maximum absolute atomic E-state index is 12.3. The van der Waals surface area contributed by atoms with E-state index < -0.39 is 6.10 Å². The first-order valence-electron chi connectivity index (χ1n) is 6.28. The van der Waals surface area contributed by atoms with Crippen LogP contribution in [0.2, 0.25) is 0 Å². The highest BCUT2D eigenvalue weighted by Crippen LogP contribution is 2.15. The third-order valence-electron chi connectivity index (χ3n) is 2.91. The Labute approximate surface area is 112 Å². The molecule has 1 amide bonds. The van der Waals surface area contributed by atoms with Gasteiger partial charge in [-0.15, -0.1) is 0 Å². The number of hydrogen-bond donors (Lipinski definition) is 0. The normalized spacial score (nSPS) is 18.7. The van der Waals surface area contributed by atoms with Gasteiger partial charge in [-0.1, -0.05) is 0 Å². The van der Waals surface area contributed by atoms with E-state index >= 15 is 0 Å². The summed E-state index contributed by atoms with van der Waals surface area (Å²) >= 11 is 0. The molecule has 5 heteroatoms. The minimum absolute atomic E-state index is 0.0772. The number of carbonyl (C=O) groups excluding carboxylic acids is 1. The summed E-state index contributed by atoms with van der Waals surface area (Å²) in [4.78, 5) is 13.9. The molecule has 1 aromatic carbocycles. The summed E-state index contributed by atoms with van der Waals surface area (Å²) in [5.41, 5.74) is 0.599. The molecule has 0 spiro atoms. The Bertz CT molecular complexity index is 478. The first-order valence-corrected chi connectivity index (χ1v) is 6.28. The lowest BCUT2D eigenvalue weighted by molar-refractivity contribution is 0.00346. The summed E-state index contributed by atoms with van der Waals surface area (Å²) in [6.07, 6.45) is -0.527. The van der Waals surface area contributed by atoms with Crippen LogP contribution in [0.15, 0.2) is 24.3 Å². The summed E-state index contributed by atoms with van der Waals surface area (Å²) < 4.78 is 10.6. The van der Waals surface area contributed by atoms with Crippen molar-refractivity contribution in [1.29, 1.82) is 5.26 Å². The zero-order valence-corrected chi connectivity index (χ0v) is 10.8. The van der Waals surface area contributed by atoms with Gasteiger partial charge in [-0.05, 0) is 31.2 Å². The van der Waals surface area contributed by atoms with Crippen molar-refractivity contribution < 1.29 is 14.3 Å². The van der Waals surface area contributed by atoms with Gasteiger partial charge in [-0.3, -0.25) is 4.79 Å². The molecule has 0 saturated carbocycles. The molecule has 1 aliphatic rings. The maximum Gasteiger partial charge on any atom is 0.254 e. The van der Waals surface area contributed by atoms with Gasteiger partial charge in [0, 0.05) is 12.1 Å². The lowest BCUT2D eigenvalue weighted by Gasteiger charge is -2.29. The highest BCUT2D eigenvalue weighted by molar-refractivity contribution is 5.94. The number of rotatable bonds is 3. The number of carbonyl (C=O) groups is 1. The van der Waals surface area contributed by atoms with E-state index in [2.05, 4.69) is 0 Å². The number of hydrogen-bond acceptors (Lipinski definition) is 4. The summed E-state index contributed by atoms with van der Waals surface area (Å²) in [5, 5.41) is 8.83. The molecule has 1 fully saturated rings. The van der Waals surface area contributed by atoms with Crippen LogP contribution in [-0.4, -0.2) is 43.2 Å². The fraction of sp³-hybridized carbons (Fsp3) is 0.429. The summed E-state index contributed by atoms with van der Waals surface area (Å²) in [7, 11) is 0. The molecule has 19 heavy (non-hydrogen) atoms. The maximum atomic E-state index is 12.3. The van der Waals surface area contributed by atoms with E-state index in [-0.39, 0.29) is 5.91 Å². The van der Waals surface area contributed by atoms with Gasteiger partial charge >= 0.3 is 0 Å². The summed E-state index contributed by atoms with van der Waals surface area (Å²) in [5.74, 6) is 0.669. The largest absolute Gasteiger partial charge is 0.494 e. The molecule has 0 aromatic heterocycles. The zero-order chi connectivity index (χ0) is 13.7. The van der Waals surface area contributed by atoms with Crippen molar-refractivity contribution in [2.75, 3.05) is 26.3 Å². The third kappa shape index (κ3) is 3.24. The fourth-order valence-electron chi connectivity index (χ4n) is 1.95. The molecule has 100 valence electrons. The van der Waals surface area contributed by atoms with Crippen LogP contribution in [-0.2, 0) is 4.74 Å². The Kier molecular flexibility index (Phi) is 4.37. The lowest BCUT2D eigenvalue weighted by Crippen LogP contribution is -2.45. The third-order valence-corrected chi connectivity index (χ3v) is 2.91. The van der Waals surface area contributed by atoms with E-state index in [0.717, 1.165) is 5.75 Å². The van der Waals surface area contributed by atoms with Crippen LogP contribution in [0.1, 0.15) is 17.3 Å². The molecule has 1 aliphatic heterocycles. The molecule has 0 radical (unpaired) electrons. The Balaban J connectivity index is 2.04. The molecule has 0 bridgehead atoms. The fourth-order valence-corrected chi connectivity index (χ4v) is 1.95. The van der Waals surface area contributed by atoms with E-state index in [1.54, 1.807) is 29.2 Å². The van der Waals surface area contributed by atoms with Crippen molar-refractivity contribution in [3.05, 3.63) is 29.8 Å². The van der Waals surface area contributed by atoms with Crippen LogP contribution >= 0.6 is 0 Å². The topological polar surface area (TPSA) is 62.6 Å². The van der Waals surface area contributed by atoms with Crippen molar-refractivity contribution in [2.24, 2.45) is 0 Å². The highest BCUT2D eigenvalue weighted by Gasteiger charge is 2.24. The molecule has 5 nitrogen and oxygen atoms in total. The quantitative estimate of drug-likeness (QED) is 0.825. The number of morpholine rings is 1. The van der Waals surface area contributed by atoms with E-state index in [4.69, 9.17) is 14.7 Å². The molecule has 1 aromatic rings. The van der Waals surface area contributed by atoms with Gasteiger partial charge in [0.1, 0.15) is 5.75 Å². The molecule has 0 N–H and O–H groups in total. The Hall–Kier alpha value is -2.06. The molecule has 2 rings (SSSR count). The van der Waals surface area contributed by atoms with Gasteiger partial charge in [0.05, 0.1) is 25.8 Å². The van der Waals surface area contributed by atoms with Gasteiger partial charge in [0.15, 0.2) is 6.10 Å². The van der Waals surface area contributed by atoms with Gasteiger partial charge in [0.2, 0.25) is 0 Å². The molecule has 1 saturated heterocycles. The molecule has 1 atom stereocenters. The van der Waals surface area contributed by atoms with Gasteiger partial charge in [-0.2, -0.15) is 5.26 Å². The van der Waals surface area contributed by atoms with Crippen molar-refractivity contribution in [3.63, 3.8) is 0 Å². The molecule has 0 aliphatic carbocycles. The van der Waals surface area contributed by atoms with E-state index in [0.29, 0.717) is 31.9 Å². The molecular weight excluding hydrogens is 244 g/mol. The van der Waals surface area contributed by atoms with Crippen molar-refractivity contribution in [3.8, 4) is 11.8 Å². The minimum atomic E-state index is -0.527. The number of ether oxygens (including phenoxy) is 2. The number of amides is 1. The monoisotopic (exact) mass is 260 g/mol. The average Bonchev–Trinajstić information content (AvgIpc) is 2.48. The molecule has 1 unspecified atom stereocenters. The highest BCUT2D eigenvalue weighted by atomic mass is 16.5. The Morgan fingerprint density at radius 2 is 2.26 bits per heavy atom. The van der Waals surface area contributed by atoms with Crippen molar-refractivity contribution in [2.45, 2.75) is 13.0 Å². The van der Waals surface area contributed by atoms with Crippen LogP contribution in [0.4, 0.5) is 0 Å². The summed E-state index contributed by atoms with van der Waals surface area (Å²) in [6.45, 7) is 3.75. The second-order valence-electron chi connectivity index (χ2n) is 4.20. The van der Waals surface area contributed by atoms with Crippen LogP contribution in [0.25, 0.3) is 0 Å². The van der Waals surface area contributed by atoms with Gasteiger partial charge in [0.25, 0.3) is 5.91 Å². The second kappa shape index (κ2) is 6.21. The Morgan fingerprint density at radius 1 is 1.53 bits per heavy atom. The molecular formula is C14H16N2O3. The number of nitriles is 1. The minimum Gasteiger partial charge on any atom is -0.494 e. The lowest BCUT2D eigenvalue weighted by atomic mass is 10.1. The molecule has 1 heterocycles. The number of nitrogens with zero attached hydrogens (tertiary/aromatic N) is 2. The van der Waals surface area contributed by atoms with Crippen molar-refractivity contribution in [1.82, 2.24) is 4.90 Å². The van der Waals surface area contributed by atoms with E-state index in [9.17, 15) is 4.79 Å². The van der Waals surface area contributed by atoms with Crippen LogP contribution in [0, 0.1) is 11.3 Å². The van der Waals surface area contributed by atoms with Crippen LogP contribution in [0.3, 0.4) is 0 Å². The van der Waals surface area contributed by atoms with Gasteiger partial charge in [-0.25, -0.2) is 0 Å². The average molecular weight is 260 g/mol. The summed E-state index contributed by atoms with van der Waals surface area (Å²) in [6, 6.07) is 9.06. The first kappa shape index (κ1) is 13.4. The van der Waals surface area contributed by atoms with Crippen LogP contribution < -0.4 is 4.74 Å². The number of benzene rings is 1. The zero-order valence-electron chi connectivity index (χ0n) is 10.8.